The van der Waals surface area contributed by atoms with Crippen LogP contribution in [-0.4, -0.2) is 31.6 Å². The van der Waals surface area contributed by atoms with Crippen molar-refractivity contribution >= 4 is 0 Å². The summed E-state index contributed by atoms with van der Waals surface area (Å²) >= 11 is 0. The molecule has 0 aliphatic carbocycles. The summed E-state index contributed by atoms with van der Waals surface area (Å²) in [5, 5.41) is 11.2. The zero-order valence-electron chi connectivity index (χ0n) is 10.3. The van der Waals surface area contributed by atoms with Crippen molar-refractivity contribution in [3.05, 3.63) is 30.1 Å². The fourth-order valence-corrected chi connectivity index (χ4v) is 1.78. The Morgan fingerprint density at radius 2 is 2.24 bits per heavy atom. The Bertz CT molecular complexity index is 458. The quantitative estimate of drug-likeness (QED) is 0.788. The second kappa shape index (κ2) is 5.58. The molecule has 6 nitrogen and oxygen atoms in total. The van der Waals surface area contributed by atoms with Gasteiger partial charge in [0.15, 0.2) is 0 Å². The number of aryl methyl sites for hydroxylation is 3. The predicted octanol–water partition coefficient (Wildman–Crippen LogP) is 0.457. The van der Waals surface area contributed by atoms with E-state index in [0.717, 1.165) is 37.6 Å². The van der Waals surface area contributed by atoms with Crippen LogP contribution >= 0.6 is 0 Å². The van der Waals surface area contributed by atoms with E-state index in [1.54, 1.807) is 0 Å². The van der Waals surface area contributed by atoms with Crippen LogP contribution in [0.15, 0.2) is 18.6 Å². The molecule has 0 amide bonds. The molecule has 2 aromatic heterocycles. The van der Waals surface area contributed by atoms with Gasteiger partial charge in [-0.2, -0.15) is 0 Å². The first kappa shape index (κ1) is 11.8. The van der Waals surface area contributed by atoms with Crippen LogP contribution < -0.4 is 5.32 Å². The van der Waals surface area contributed by atoms with E-state index in [2.05, 4.69) is 32.1 Å². The Balaban J connectivity index is 1.93. The normalized spacial score (nSPS) is 10.9. The zero-order valence-corrected chi connectivity index (χ0v) is 10.3. The number of nitrogens with one attached hydrogen (secondary N) is 1. The summed E-state index contributed by atoms with van der Waals surface area (Å²) in [5.74, 6) is 1.11. The van der Waals surface area contributed by atoms with Gasteiger partial charge in [-0.25, -0.2) is 4.98 Å². The third kappa shape index (κ3) is 2.91. The minimum atomic E-state index is 0.755. The van der Waals surface area contributed by atoms with E-state index in [1.807, 2.05) is 30.3 Å². The molecule has 0 saturated heterocycles. The molecule has 2 rings (SSSR count). The molecule has 0 atom stereocenters. The lowest BCUT2D eigenvalue weighted by atomic mass is 10.4. The van der Waals surface area contributed by atoms with Crippen molar-refractivity contribution in [3.8, 4) is 0 Å². The average Bonchev–Trinajstić information content (AvgIpc) is 2.95. The summed E-state index contributed by atoms with van der Waals surface area (Å²) in [5.41, 5.74) is 0.967. The summed E-state index contributed by atoms with van der Waals surface area (Å²) in [7, 11) is 1.90. The number of aromatic nitrogens is 5. The van der Waals surface area contributed by atoms with E-state index < -0.39 is 0 Å². The van der Waals surface area contributed by atoms with Crippen LogP contribution in [0.3, 0.4) is 0 Å². The smallest absolute Gasteiger partial charge is 0.108 e. The topological polar surface area (TPSA) is 60.6 Å². The van der Waals surface area contributed by atoms with Crippen molar-refractivity contribution in [3.63, 3.8) is 0 Å². The van der Waals surface area contributed by atoms with Crippen LogP contribution in [0.25, 0.3) is 0 Å². The first-order chi connectivity index (χ1) is 8.33. The molecule has 17 heavy (non-hydrogen) atoms. The van der Waals surface area contributed by atoms with Gasteiger partial charge in [-0.15, -0.1) is 5.10 Å². The number of imidazole rings is 1. The van der Waals surface area contributed by atoms with Crippen LogP contribution in [0, 0.1) is 0 Å². The fourth-order valence-electron chi connectivity index (χ4n) is 1.78. The van der Waals surface area contributed by atoms with Gasteiger partial charge in [-0.3, -0.25) is 4.68 Å². The minimum Gasteiger partial charge on any atom is -0.333 e. The standard InChI is InChI=1S/C11H18N6/c1-3-11-13-4-5-16(11)6-7-17-9-10(8-12-2)14-15-17/h4-5,9,12H,3,6-8H2,1-2H3. The Morgan fingerprint density at radius 3 is 3.00 bits per heavy atom. The molecule has 0 unspecified atom stereocenters. The molecule has 0 fully saturated rings. The van der Waals surface area contributed by atoms with Crippen molar-refractivity contribution < 1.29 is 0 Å². The molecule has 0 aliphatic rings. The molecule has 0 aromatic carbocycles. The highest BCUT2D eigenvalue weighted by Crippen LogP contribution is 2.00. The molecule has 0 spiro atoms. The largest absolute Gasteiger partial charge is 0.333 e. The lowest BCUT2D eigenvalue weighted by Crippen LogP contribution is -2.10. The Hall–Kier alpha value is -1.69. The first-order valence-electron chi connectivity index (χ1n) is 5.87. The number of hydrogen-bond acceptors (Lipinski definition) is 4. The first-order valence-corrected chi connectivity index (χ1v) is 5.87. The van der Waals surface area contributed by atoms with Gasteiger partial charge < -0.3 is 9.88 Å². The van der Waals surface area contributed by atoms with E-state index in [9.17, 15) is 0 Å². The van der Waals surface area contributed by atoms with Gasteiger partial charge in [0.25, 0.3) is 0 Å². The summed E-state index contributed by atoms with van der Waals surface area (Å²) in [6, 6.07) is 0. The molecule has 2 heterocycles. The van der Waals surface area contributed by atoms with Gasteiger partial charge in [-0.05, 0) is 7.05 Å². The van der Waals surface area contributed by atoms with Gasteiger partial charge in [0, 0.05) is 38.1 Å². The van der Waals surface area contributed by atoms with Crippen molar-refractivity contribution in [2.24, 2.45) is 0 Å². The SMILES string of the molecule is CCc1nccn1CCn1cc(CNC)nn1. The van der Waals surface area contributed by atoms with E-state index in [1.165, 1.54) is 0 Å². The fraction of sp³-hybridized carbons (Fsp3) is 0.545. The predicted molar refractivity (Wildman–Crippen MR) is 64.4 cm³/mol. The molecular formula is C11H18N6. The number of rotatable bonds is 6. The van der Waals surface area contributed by atoms with Crippen molar-refractivity contribution in [2.45, 2.75) is 33.0 Å². The summed E-state index contributed by atoms with van der Waals surface area (Å²) in [4.78, 5) is 4.29. The lowest BCUT2D eigenvalue weighted by Gasteiger charge is -2.05. The molecule has 0 aliphatic heterocycles. The highest BCUT2D eigenvalue weighted by molar-refractivity contribution is 4.93. The van der Waals surface area contributed by atoms with Crippen LogP contribution in [0.2, 0.25) is 0 Å². The molecule has 2 aromatic rings. The Labute approximate surface area is 101 Å². The van der Waals surface area contributed by atoms with Crippen molar-refractivity contribution in [2.75, 3.05) is 7.05 Å². The summed E-state index contributed by atoms with van der Waals surface area (Å²) in [6.07, 6.45) is 6.77. The van der Waals surface area contributed by atoms with E-state index >= 15 is 0 Å². The van der Waals surface area contributed by atoms with Crippen LogP contribution in [0.4, 0.5) is 0 Å². The molecule has 1 N–H and O–H groups in total. The number of hydrogen-bond donors (Lipinski definition) is 1. The molecule has 0 saturated carbocycles. The van der Waals surface area contributed by atoms with Gasteiger partial charge in [0.2, 0.25) is 0 Å². The summed E-state index contributed by atoms with van der Waals surface area (Å²) < 4.78 is 4.02. The molecular weight excluding hydrogens is 216 g/mol. The van der Waals surface area contributed by atoms with Gasteiger partial charge in [0.1, 0.15) is 5.82 Å². The lowest BCUT2D eigenvalue weighted by molar-refractivity contribution is 0.509. The van der Waals surface area contributed by atoms with Gasteiger partial charge >= 0.3 is 0 Å². The maximum absolute atomic E-state index is 4.29. The summed E-state index contributed by atoms with van der Waals surface area (Å²) in [6.45, 7) is 4.57. The van der Waals surface area contributed by atoms with Crippen molar-refractivity contribution in [1.29, 1.82) is 0 Å². The number of nitrogens with zero attached hydrogens (tertiary/aromatic N) is 5. The maximum Gasteiger partial charge on any atom is 0.108 e. The second-order valence-electron chi connectivity index (χ2n) is 3.89. The minimum absolute atomic E-state index is 0.755. The monoisotopic (exact) mass is 234 g/mol. The van der Waals surface area contributed by atoms with E-state index in [0.29, 0.717) is 0 Å². The third-order valence-electron chi connectivity index (χ3n) is 2.63. The van der Waals surface area contributed by atoms with Gasteiger partial charge in [0.05, 0.1) is 12.2 Å². The molecule has 0 bridgehead atoms. The average molecular weight is 234 g/mol. The maximum atomic E-state index is 4.29. The van der Waals surface area contributed by atoms with Crippen LogP contribution in [-0.2, 0) is 26.1 Å². The van der Waals surface area contributed by atoms with E-state index in [4.69, 9.17) is 0 Å². The molecule has 0 radical (unpaired) electrons. The molecule has 92 valence electrons. The van der Waals surface area contributed by atoms with Gasteiger partial charge in [-0.1, -0.05) is 12.1 Å². The highest BCUT2D eigenvalue weighted by Gasteiger charge is 2.02. The highest BCUT2D eigenvalue weighted by atomic mass is 15.4. The zero-order chi connectivity index (χ0) is 12.1. The van der Waals surface area contributed by atoms with Crippen molar-refractivity contribution in [1.82, 2.24) is 29.9 Å². The van der Waals surface area contributed by atoms with Crippen LogP contribution in [0.5, 0.6) is 0 Å². The Kier molecular flexibility index (Phi) is 3.87. The van der Waals surface area contributed by atoms with Crippen LogP contribution in [0.1, 0.15) is 18.4 Å². The molecule has 6 heteroatoms. The van der Waals surface area contributed by atoms with E-state index in [-0.39, 0.29) is 0 Å². The second-order valence-corrected chi connectivity index (χ2v) is 3.89. The third-order valence-corrected chi connectivity index (χ3v) is 2.63. The Morgan fingerprint density at radius 1 is 1.35 bits per heavy atom.